The molecule has 1 aromatic carbocycles. The third-order valence-corrected chi connectivity index (χ3v) is 9.05. The van der Waals surface area contributed by atoms with Crippen LogP contribution in [0.3, 0.4) is 0 Å². The lowest BCUT2D eigenvalue weighted by Gasteiger charge is -2.50. The summed E-state index contributed by atoms with van der Waals surface area (Å²) in [6.07, 6.45) is 4.55. The van der Waals surface area contributed by atoms with E-state index in [0.29, 0.717) is 48.6 Å². The van der Waals surface area contributed by atoms with Gasteiger partial charge in [-0.3, -0.25) is 14.2 Å². The Morgan fingerprint density at radius 2 is 1.97 bits per heavy atom. The van der Waals surface area contributed by atoms with E-state index in [4.69, 9.17) is 5.10 Å². The zero-order chi connectivity index (χ0) is 26.1. The zero-order valence-electron chi connectivity index (χ0n) is 21.8. The lowest BCUT2D eigenvalue weighted by atomic mass is 9.67. The molecule has 5 heterocycles. The number of hydrogen-bond acceptors (Lipinski definition) is 5. The second-order valence-corrected chi connectivity index (χ2v) is 11.3. The van der Waals surface area contributed by atoms with E-state index in [0.717, 1.165) is 55.0 Å². The maximum Gasteiger partial charge on any atom is 0.264 e. The summed E-state index contributed by atoms with van der Waals surface area (Å²) in [4.78, 5) is 16.4. The highest BCUT2D eigenvalue weighted by molar-refractivity contribution is 5.78. The van der Waals surface area contributed by atoms with Gasteiger partial charge < -0.3 is 15.1 Å². The Labute approximate surface area is 220 Å². The summed E-state index contributed by atoms with van der Waals surface area (Å²) in [6, 6.07) is 3.96. The molecule has 10 heteroatoms. The third-order valence-electron chi connectivity index (χ3n) is 9.05. The molecule has 1 saturated heterocycles. The predicted octanol–water partition coefficient (Wildman–Crippen LogP) is 3.99. The first-order valence-corrected chi connectivity index (χ1v) is 13.7. The Morgan fingerprint density at radius 1 is 1.16 bits per heavy atom. The average molecular weight is 522 g/mol. The van der Waals surface area contributed by atoms with Gasteiger partial charge in [-0.2, -0.15) is 10.2 Å². The van der Waals surface area contributed by atoms with Crippen LogP contribution in [0.2, 0.25) is 0 Å². The fraction of sp³-hybridized carbons (Fsp3) is 0.536. The molecular weight excluding hydrogens is 488 g/mol. The summed E-state index contributed by atoms with van der Waals surface area (Å²) in [6.45, 7) is 5.54. The summed E-state index contributed by atoms with van der Waals surface area (Å²) in [5.74, 6) is 2.02. The minimum Gasteiger partial charge on any atom is -0.338 e. The molecule has 1 N–H and O–H groups in total. The Morgan fingerprint density at radius 3 is 2.66 bits per heavy atom. The molecule has 1 amide bonds. The second-order valence-electron chi connectivity index (χ2n) is 11.3. The third kappa shape index (κ3) is 3.67. The summed E-state index contributed by atoms with van der Waals surface area (Å²) in [7, 11) is 1.79. The molecule has 2 bridgehead atoms. The van der Waals surface area contributed by atoms with Crippen molar-refractivity contribution in [3.05, 3.63) is 46.9 Å². The van der Waals surface area contributed by atoms with Gasteiger partial charge in [-0.1, -0.05) is 0 Å². The van der Waals surface area contributed by atoms with Crippen LogP contribution >= 0.6 is 0 Å². The minimum absolute atomic E-state index is 0.0157. The summed E-state index contributed by atoms with van der Waals surface area (Å²) >= 11 is 0. The van der Waals surface area contributed by atoms with Crippen molar-refractivity contribution < 1.29 is 13.6 Å². The molecule has 3 aromatic rings. The number of rotatable bonds is 4. The standard InChI is InChI=1S/C28H33F2N7O/c1-16(38)35-7-5-24-23(15-35)28(33-37(24)26-18-8-19(26)12-31-11-18)36-6-3-4-17-9-21(20-13-32-34(2)14-20)22(27(29)30)10-25(17)36/h9-10,13-14,18-19,26-27,31H,3-8,11-12,15H2,1-2H3/t18-,19+,26?. The smallest absolute Gasteiger partial charge is 0.264 e. The first kappa shape index (κ1) is 23.8. The van der Waals surface area contributed by atoms with Crippen molar-refractivity contribution in [1.29, 1.82) is 0 Å². The number of amides is 1. The Hall–Kier alpha value is -3.27. The van der Waals surface area contributed by atoms with Crippen molar-refractivity contribution in [2.45, 2.75) is 51.6 Å². The largest absolute Gasteiger partial charge is 0.338 e. The molecule has 200 valence electrons. The number of carbonyl (C=O) groups excluding carboxylic acids is 1. The molecule has 2 aromatic heterocycles. The monoisotopic (exact) mass is 521 g/mol. The van der Waals surface area contributed by atoms with Crippen molar-refractivity contribution >= 4 is 17.4 Å². The number of aromatic nitrogens is 4. The van der Waals surface area contributed by atoms with Crippen LogP contribution in [0.15, 0.2) is 24.5 Å². The normalized spacial score (nSPS) is 24.3. The van der Waals surface area contributed by atoms with Crippen LogP contribution in [-0.4, -0.2) is 56.5 Å². The predicted molar refractivity (Wildman–Crippen MR) is 139 cm³/mol. The van der Waals surface area contributed by atoms with Crippen molar-refractivity contribution in [2.24, 2.45) is 18.9 Å². The van der Waals surface area contributed by atoms with Crippen molar-refractivity contribution in [3.8, 4) is 11.1 Å². The van der Waals surface area contributed by atoms with Gasteiger partial charge in [-0.05, 0) is 54.4 Å². The molecule has 1 unspecified atom stereocenters. The van der Waals surface area contributed by atoms with E-state index < -0.39 is 6.43 Å². The van der Waals surface area contributed by atoms with Gasteiger partial charge in [0.15, 0.2) is 5.82 Å². The maximum atomic E-state index is 14.4. The lowest BCUT2D eigenvalue weighted by molar-refractivity contribution is -0.129. The summed E-state index contributed by atoms with van der Waals surface area (Å²) in [5.41, 5.74) is 5.40. The van der Waals surface area contributed by atoms with Crippen LogP contribution in [0.5, 0.6) is 0 Å². The summed E-state index contributed by atoms with van der Waals surface area (Å²) in [5, 5.41) is 13.0. The Kier molecular flexibility index (Phi) is 5.58. The van der Waals surface area contributed by atoms with E-state index in [9.17, 15) is 13.6 Å². The van der Waals surface area contributed by atoms with Crippen LogP contribution in [0.4, 0.5) is 20.3 Å². The van der Waals surface area contributed by atoms with Crippen LogP contribution in [0.25, 0.3) is 11.1 Å². The SMILES string of the molecule is CC(=O)N1CCc2c(c(N3CCCc4cc(-c5cnn(C)c5)c(C(F)F)cc43)nn2C2[C@@H]3CNC[C@H]2C3)C1. The van der Waals surface area contributed by atoms with Crippen molar-refractivity contribution in [3.63, 3.8) is 0 Å². The van der Waals surface area contributed by atoms with Gasteiger partial charge in [0, 0.05) is 80.8 Å². The molecule has 8 nitrogen and oxygen atoms in total. The maximum absolute atomic E-state index is 14.4. The molecule has 3 atom stereocenters. The average Bonchev–Trinajstić information content (AvgIpc) is 3.51. The first-order chi connectivity index (χ1) is 18.4. The van der Waals surface area contributed by atoms with E-state index >= 15 is 0 Å². The fourth-order valence-electron chi connectivity index (χ4n) is 7.14. The second kappa shape index (κ2) is 8.90. The van der Waals surface area contributed by atoms with Crippen LogP contribution in [-0.2, 0) is 31.2 Å². The van der Waals surface area contributed by atoms with Gasteiger partial charge in [0.05, 0.1) is 18.8 Å². The van der Waals surface area contributed by atoms with Gasteiger partial charge in [0.1, 0.15) is 0 Å². The van der Waals surface area contributed by atoms with Crippen LogP contribution in [0, 0.1) is 11.8 Å². The molecule has 38 heavy (non-hydrogen) atoms. The Balaban J connectivity index is 1.35. The van der Waals surface area contributed by atoms with E-state index in [2.05, 4.69) is 20.0 Å². The van der Waals surface area contributed by atoms with E-state index in [-0.39, 0.29) is 11.5 Å². The Bertz CT molecular complexity index is 1400. The molecular formula is C28H33F2N7O. The number of nitrogens with zero attached hydrogens (tertiary/aromatic N) is 6. The number of alkyl halides is 2. The van der Waals surface area contributed by atoms with Crippen LogP contribution < -0.4 is 10.2 Å². The fourth-order valence-corrected chi connectivity index (χ4v) is 7.14. The number of halogens is 2. The van der Waals surface area contributed by atoms with E-state index in [1.54, 1.807) is 37.1 Å². The first-order valence-electron chi connectivity index (χ1n) is 13.7. The zero-order valence-corrected chi connectivity index (χ0v) is 21.8. The number of piperidine rings is 2. The molecule has 4 aliphatic rings. The highest BCUT2D eigenvalue weighted by Crippen LogP contribution is 2.49. The summed E-state index contributed by atoms with van der Waals surface area (Å²) < 4.78 is 32.7. The van der Waals surface area contributed by atoms with Crippen LogP contribution in [0.1, 0.15) is 54.6 Å². The molecule has 3 aliphatic heterocycles. The highest BCUT2D eigenvalue weighted by Gasteiger charge is 2.47. The quantitative estimate of drug-likeness (QED) is 0.562. The van der Waals surface area contributed by atoms with Gasteiger partial charge in [0.2, 0.25) is 5.91 Å². The topological polar surface area (TPSA) is 71.2 Å². The van der Waals surface area contributed by atoms with Gasteiger partial charge >= 0.3 is 0 Å². The number of fused-ring (bicyclic) bond motifs is 4. The minimum atomic E-state index is -2.61. The number of nitrogens with one attached hydrogen (secondary N) is 1. The molecule has 2 fully saturated rings. The van der Waals surface area contributed by atoms with Gasteiger partial charge in [-0.25, -0.2) is 8.78 Å². The van der Waals surface area contributed by atoms with Crippen molar-refractivity contribution in [1.82, 2.24) is 29.8 Å². The molecule has 0 radical (unpaired) electrons. The van der Waals surface area contributed by atoms with Crippen molar-refractivity contribution in [2.75, 3.05) is 31.1 Å². The van der Waals surface area contributed by atoms with E-state index in [1.165, 1.54) is 12.1 Å². The number of anilines is 2. The van der Waals surface area contributed by atoms with Gasteiger partial charge in [0.25, 0.3) is 6.43 Å². The number of hydrogen-bond donors (Lipinski definition) is 1. The highest BCUT2D eigenvalue weighted by atomic mass is 19.3. The van der Waals surface area contributed by atoms with Gasteiger partial charge in [-0.15, -0.1) is 0 Å². The van der Waals surface area contributed by atoms with E-state index in [1.807, 2.05) is 11.0 Å². The molecule has 1 saturated carbocycles. The number of carbonyl (C=O) groups is 1. The molecule has 0 spiro atoms. The number of aryl methyl sites for hydroxylation is 2. The molecule has 1 aliphatic carbocycles. The lowest BCUT2D eigenvalue weighted by Crippen LogP contribution is -2.54. The number of benzene rings is 1. The molecule has 7 rings (SSSR count).